The molecule has 0 saturated heterocycles. The molecule has 1 amide bonds. The maximum Gasteiger partial charge on any atom is 0.307 e. The van der Waals surface area contributed by atoms with Crippen LogP contribution in [0.2, 0.25) is 5.02 Å². The number of carbonyl (C=O) groups is 2. The van der Waals surface area contributed by atoms with Crippen molar-refractivity contribution in [2.75, 3.05) is 7.11 Å². The zero-order valence-electron chi connectivity index (χ0n) is 16.6. The summed E-state index contributed by atoms with van der Waals surface area (Å²) in [6, 6.07) is 16.3. The molecule has 0 aliphatic heterocycles. The van der Waals surface area contributed by atoms with Crippen LogP contribution in [0.4, 0.5) is 0 Å². The summed E-state index contributed by atoms with van der Waals surface area (Å²) in [6.07, 6.45) is 2.64. The Morgan fingerprint density at radius 3 is 2.60 bits per heavy atom. The molecule has 0 bridgehead atoms. The fourth-order valence-corrected chi connectivity index (χ4v) is 4.14. The molecule has 30 heavy (non-hydrogen) atoms. The smallest absolute Gasteiger partial charge is 0.307 e. The Morgan fingerprint density at radius 2 is 1.87 bits per heavy atom. The van der Waals surface area contributed by atoms with Crippen molar-refractivity contribution >= 4 is 23.5 Å². The van der Waals surface area contributed by atoms with Crippen LogP contribution in [0.1, 0.15) is 46.2 Å². The van der Waals surface area contributed by atoms with E-state index in [1.807, 2.05) is 41.1 Å². The first-order valence-corrected chi connectivity index (χ1v) is 10.2. The average Bonchev–Trinajstić information content (AvgIpc) is 3.37. The van der Waals surface area contributed by atoms with Gasteiger partial charge < -0.3 is 10.1 Å². The van der Waals surface area contributed by atoms with Gasteiger partial charge in [0.2, 0.25) is 0 Å². The highest BCUT2D eigenvalue weighted by atomic mass is 35.5. The molecule has 2 aromatic carbocycles. The number of amides is 1. The number of nitrogens with one attached hydrogen (secondary N) is 1. The summed E-state index contributed by atoms with van der Waals surface area (Å²) >= 11 is 6.33. The summed E-state index contributed by atoms with van der Waals surface area (Å²) in [5.74, 6) is -0.753. The number of halogens is 1. The molecule has 1 unspecified atom stereocenters. The standard InChI is InChI=1S/C23H22ClN3O3/c1-30-21(28)14-19(16-10-5-6-12-18(16)24)25-23(29)22-17-11-7-13-20(17)27(26-22)15-8-3-2-4-9-15/h2-6,8-10,12,19H,7,11,13-14H2,1H3,(H,25,29). The summed E-state index contributed by atoms with van der Waals surface area (Å²) in [5, 5.41) is 8.05. The van der Waals surface area contributed by atoms with Crippen molar-refractivity contribution in [1.82, 2.24) is 15.1 Å². The third kappa shape index (κ3) is 3.96. The summed E-state index contributed by atoms with van der Waals surface area (Å²) in [4.78, 5) is 25.2. The van der Waals surface area contributed by atoms with Gasteiger partial charge in [-0.1, -0.05) is 48.0 Å². The monoisotopic (exact) mass is 423 g/mol. The lowest BCUT2D eigenvalue weighted by Gasteiger charge is -2.19. The lowest BCUT2D eigenvalue weighted by Crippen LogP contribution is -2.31. The summed E-state index contributed by atoms with van der Waals surface area (Å²) in [7, 11) is 1.32. The second-order valence-corrected chi connectivity index (χ2v) is 7.61. The molecule has 6 nitrogen and oxygen atoms in total. The maximum absolute atomic E-state index is 13.2. The fourth-order valence-electron chi connectivity index (χ4n) is 3.88. The molecule has 7 heteroatoms. The highest BCUT2D eigenvalue weighted by molar-refractivity contribution is 6.31. The Bertz CT molecular complexity index is 1080. The number of aromatic nitrogens is 2. The van der Waals surface area contributed by atoms with Crippen molar-refractivity contribution in [3.05, 3.63) is 82.1 Å². The zero-order valence-corrected chi connectivity index (χ0v) is 17.4. The molecule has 0 saturated carbocycles. The fraction of sp³-hybridized carbons (Fsp3) is 0.261. The Kier molecular flexibility index (Phi) is 5.86. The predicted octanol–water partition coefficient (Wildman–Crippen LogP) is 4.05. The zero-order chi connectivity index (χ0) is 21.1. The number of carbonyl (C=O) groups excluding carboxylic acids is 2. The van der Waals surface area contributed by atoms with Crippen molar-refractivity contribution in [3.8, 4) is 5.69 Å². The first-order valence-electron chi connectivity index (χ1n) is 9.86. The van der Waals surface area contributed by atoms with Gasteiger partial charge in [0.1, 0.15) is 0 Å². The maximum atomic E-state index is 13.2. The molecular weight excluding hydrogens is 402 g/mol. The quantitative estimate of drug-likeness (QED) is 0.607. The molecule has 1 aliphatic rings. The van der Waals surface area contributed by atoms with E-state index in [4.69, 9.17) is 16.3 Å². The Labute approximate surface area is 179 Å². The van der Waals surface area contributed by atoms with Gasteiger partial charge in [-0.15, -0.1) is 0 Å². The molecule has 1 atom stereocenters. The normalized spacial score (nSPS) is 13.5. The number of fused-ring (bicyclic) bond motifs is 1. The van der Waals surface area contributed by atoms with Gasteiger partial charge in [-0.2, -0.15) is 5.10 Å². The summed E-state index contributed by atoms with van der Waals surface area (Å²) < 4.78 is 6.66. The SMILES string of the molecule is COC(=O)CC(NC(=O)c1nn(-c2ccccc2)c2c1CCC2)c1ccccc1Cl. The van der Waals surface area contributed by atoms with Gasteiger partial charge >= 0.3 is 5.97 Å². The third-order valence-corrected chi connectivity index (χ3v) is 5.67. The first-order chi connectivity index (χ1) is 14.6. The van der Waals surface area contributed by atoms with Gasteiger partial charge in [0.15, 0.2) is 5.69 Å². The summed E-state index contributed by atoms with van der Waals surface area (Å²) in [6.45, 7) is 0. The van der Waals surface area contributed by atoms with E-state index in [0.29, 0.717) is 16.3 Å². The second kappa shape index (κ2) is 8.71. The van der Waals surface area contributed by atoms with Crippen molar-refractivity contribution in [2.45, 2.75) is 31.7 Å². The molecule has 1 aromatic heterocycles. The van der Waals surface area contributed by atoms with Crippen molar-refractivity contribution < 1.29 is 14.3 Å². The molecule has 1 heterocycles. The Hall–Kier alpha value is -3.12. The third-order valence-electron chi connectivity index (χ3n) is 5.33. The van der Waals surface area contributed by atoms with E-state index < -0.39 is 12.0 Å². The molecule has 0 fully saturated rings. The number of hydrogen-bond donors (Lipinski definition) is 1. The molecule has 3 aromatic rings. The highest BCUT2D eigenvalue weighted by Gasteiger charge is 2.29. The minimum atomic E-state index is -0.613. The number of hydrogen-bond acceptors (Lipinski definition) is 4. The predicted molar refractivity (Wildman–Crippen MR) is 114 cm³/mol. The van der Waals surface area contributed by atoms with E-state index >= 15 is 0 Å². The molecule has 4 rings (SSSR count). The van der Waals surface area contributed by atoms with Crippen molar-refractivity contribution in [1.29, 1.82) is 0 Å². The minimum Gasteiger partial charge on any atom is -0.469 e. The van der Waals surface area contributed by atoms with Crippen LogP contribution in [-0.4, -0.2) is 28.8 Å². The van der Waals surface area contributed by atoms with E-state index in [0.717, 1.165) is 36.2 Å². The molecule has 0 spiro atoms. The van der Waals surface area contributed by atoms with Gasteiger partial charge in [0, 0.05) is 16.3 Å². The van der Waals surface area contributed by atoms with Gasteiger partial charge in [-0.05, 0) is 43.0 Å². The number of para-hydroxylation sites is 1. The Balaban J connectivity index is 1.67. The lowest BCUT2D eigenvalue weighted by atomic mass is 10.0. The van der Waals surface area contributed by atoms with Crippen molar-refractivity contribution in [2.24, 2.45) is 0 Å². The van der Waals surface area contributed by atoms with Crippen molar-refractivity contribution in [3.63, 3.8) is 0 Å². The molecule has 0 radical (unpaired) electrons. The molecule has 1 N–H and O–H groups in total. The average molecular weight is 424 g/mol. The van der Waals surface area contributed by atoms with E-state index in [1.165, 1.54) is 7.11 Å². The van der Waals surface area contributed by atoms with E-state index in [-0.39, 0.29) is 12.3 Å². The number of esters is 1. The largest absolute Gasteiger partial charge is 0.469 e. The highest BCUT2D eigenvalue weighted by Crippen LogP contribution is 2.30. The van der Waals surface area contributed by atoms with E-state index in [2.05, 4.69) is 10.4 Å². The number of nitrogens with zero attached hydrogens (tertiary/aromatic N) is 2. The van der Waals surface area contributed by atoms with Gasteiger partial charge in [0.05, 0.1) is 25.3 Å². The van der Waals surface area contributed by atoms with Crippen LogP contribution in [0, 0.1) is 0 Å². The van der Waals surface area contributed by atoms with Gasteiger partial charge in [0.25, 0.3) is 5.91 Å². The van der Waals surface area contributed by atoms with Crippen LogP contribution < -0.4 is 5.32 Å². The lowest BCUT2D eigenvalue weighted by molar-refractivity contribution is -0.141. The Morgan fingerprint density at radius 1 is 1.13 bits per heavy atom. The molecular formula is C23H22ClN3O3. The first kappa shape index (κ1) is 20.2. The molecule has 154 valence electrons. The minimum absolute atomic E-state index is 0.0203. The summed E-state index contributed by atoms with van der Waals surface area (Å²) in [5.41, 5.74) is 4.01. The van der Waals surface area contributed by atoms with Crippen LogP contribution in [0.15, 0.2) is 54.6 Å². The number of rotatable bonds is 6. The number of benzene rings is 2. The number of ether oxygens (including phenoxy) is 1. The second-order valence-electron chi connectivity index (χ2n) is 7.20. The van der Waals surface area contributed by atoms with Crippen LogP contribution in [0.25, 0.3) is 5.69 Å². The van der Waals surface area contributed by atoms with Gasteiger partial charge in [-0.3, -0.25) is 9.59 Å². The van der Waals surface area contributed by atoms with E-state index in [9.17, 15) is 9.59 Å². The number of methoxy groups -OCH3 is 1. The van der Waals surface area contributed by atoms with Gasteiger partial charge in [-0.25, -0.2) is 4.68 Å². The van der Waals surface area contributed by atoms with Crippen LogP contribution in [0.3, 0.4) is 0 Å². The topological polar surface area (TPSA) is 73.2 Å². The molecule has 1 aliphatic carbocycles. The van der Waals surface area contributed by atoms with Crippen LogP contribution in [0.5, 0.6) is 0 Å². The van der Waals surface area contributed by atoms with Crippen LogP contribution in [-0.2, 0) is 22.4 Å². The van der Waals surface area contributed by atoms with Crippen LogP contribution >= 0.6 is 11.6 Å². The van der Waals surface area contributed by atoms with E-state index in [1.54, 1.807) is 18.2 Å².